The van der Waals surface area contributed by atoms with Gasteiger partial charge >= 0.3 is 0 Å². The molecule has 16 heavy (non-hydrogen) atoms. The Balaban J connectivity index is 1.87. The Morgan fingerprint density at radius 3 is 2.88 bits per heavy atom. The maximum absolute atomic E-state index is 9.90. The molecular weight excluding hydrogens is 224 g/mol. The van der Waals surface area contributed by atoms with Crippen molar-refractivity contribution in [2.45, 2.75) is 38.4 Å². The van der Waals surface area contributed by atoms with E-state index in [1.807, 2.05) is 19.1 Å². The van der Waals surface area contributed by atoms with Gasteiger partial charge in [0, 0.05) is 5.02 Å². The van der Waals surface area contributed by atoms with Crippen molar-refractivity contribution in [1.82, 2.24) is 0 Å². The summed E-state index contributed by atoms with van der Waals surface area (Å²) in [6.45, 7) is 1.90. The number of hydrogen-bond donors (Lipinski definition) is 1. The van der Waals surface area contributed by atoms with Gasteiger partial charge in [-0.1, -0.05) is 30.5 Å². The fourth-order valence-corrected chi connectivity index (χ4v) is 1.90. The molecule has 0 aromatic heterocycles. The highest BCUT2D eigenvalue weighted by atomic mass is 35.5. The zero-order chi connectivity index (χ0) is 11.5. The van der Waals surface area contributed by atoms with Gasteiger partial charge in [-0.15, -0.1) is 0 Å². The Hall–Kier alpha value is -0.730. The van der Waals surface area contributed by atoms with Crippen molar-refractivity contribution in [3.05, 3.63) is 29.3 Å². The molecule has 1 aliphatic carbocycles. The van der Waals surface area contributed by atoms with Crippen molar-refractivity contribution < 1.29 is 9.84 Å². The third kappa shape index (κ3) is 3.39. The molecule has 2 atom stereocenters. The fourth-order valence-electron chi connectivity index (χ4n) is 1.72. The maximum Gasteiger partial charge on any atom is 0.122 e. The van der Waals surface area contributed by atoms with E-state index in [-0.39, 0.29) is 12.2 Å². The summed E-state index contributed by atoms with van der Waals surface area (Å²) in [5.41, 5.74) is 0. The van der Waals surface area contributed by atoms with Gasteiger partial charge in [0.1, 0.15) is 11.9 Å². The fraction of sp³-hybridized carbons (Fsp3) is 0.538. The molecule has 0 aliphatic heterocycles. The molecule has 1 saturated carbocycles. The van der Waals surface area contributed by atoms with Crippen molar-refractivity contribution in [2.24, 2.45) is 5.92 Å². The van der Waals surface area contributed by atoms with Crippen LogP contribution in [-0.2, 0) is 0 Å². The summed E-state index contributed by atoms with van der Waals surface area (Å²) < 4.78 is 5.65. The lowest BCUT2D eigenvalue weighted by molar-refractivity contribution is 0.0380. The number of aliphatic hydroxyl groups excluding tert-OH is 1. The van der Waals surface area contributed by atoms with Crippen molar-refractivity contribution in [3.63, 3.8) is 0 Å². The van der Waals surface area contributed by atoms with Gasteiger partial charge < -0.3 is 9.84 Å². The van der Waals surface area contributed by atoms with Crippen LogP contribution in [-0.4, -0.2) is 17.3 Å². The zero-order valence-electron chi connectivity index (χ0n) is 9.40. The molecular formula is C13H17ClO2. The average molecular weight is 241 g/mol. The molecule has 3 heteroatoms. The first-order valence-electron chi connectivity index (χ1n) is 5.75. The molecule has 88 valence electrons. The maximum atomic E-state index is 9.90. The summed E-state index contributed by atoms with van der Waals surface area (Å²) in [5.74, 6) is 1.43. The minimum Gasteiger partial charge on any atom is -0.488 e. The lowest BCUT2D eigenvalue weighted by Gasteiger charge is -2.20. The van der Waals surface area contributed by atoms with Crippen molar-refractivity contribution in [3.8, 4) is 5.75 Å². The second-order valence-corrected chi connectivity index (χ2v) is 4.96. The van der Waals surface area contributed by atoms with E-state index >= 15 is 0 Å². The van der Waals surface area contributed by atoms with Crippen LogP contribution in [0.15, 0.2) is 24.3 Å². The minimum atomic E-state index is -0.383. The predicted octanol–water partition coefficient (Wildman–Crippen LogP) is 3.27. The Labute approximate surface area is 101 Å². The first kappa shape index (κ1) is 11.7. The molecule has 1 aromatic rings. The van der Waals surface area contributed by atoms with Crippen LogP contribution in [0.5, 0.6) is 5.75 Å². The molecule has 1 aliphatic rings. The van der Waals surface area contributed by atoms with E-state index in [0.717, 1.165) is 12.2 Å². The third-order valence-corrected chi connectivity index (χ3v) is 3.17. The van der Waals surface area contributed by atoms with Gasteiger partial charge in [-0.05, 0) is 37.5 Å². The Bertz CT molecular complexity index is 350. The van der Waals surface area contributed by atoms with Crippen molar-refractivity contribution >= 4 is 11.6 Å². The van der Waals surface area contributed by atoms with E-state index in [1.54, 1.807) is 12.1 Å². The Morgan fingerprint density at radius 1 is 1.50 bits per heavy atom. The third-order valence-electron chi connectivity index (χ3n) is 2.93. The molecule has 2 unspecified atom stereocenters. The topological polar surface area (TPSA) is 29.5 Å². The smallest absolute Gasteiger partial charge is 0.122 e. The van der Waals surface area contributed by atoms with Gasteiger partial charge in [0.25, 0.3) is 0 Å². The van der Waals surface area contributed by atoms with Crippen LogP contribution in [0.2, 0.25) is 5.02 Å². The van der Waals surface area contributed by atoms with Gasteiger partial charge in [-0.3, -0.25) is 0 Å². The first-order chi connectivity index (χ1) is 7.65. The molecule has 0 amide bonds. The normalized spacial score (nSPS) is 19.2. The summed E-state index contributed by atoms with van der Waals surface area (Å²) in [5, 5.41) is 10.6. The molecule has 0 heterocycles. The second kappa shape index (κ2) is 5.07. The van der Waals surface area contributed by atoms with Crippen LogP contribution in [0, 0.1) is 5.92 Å². The molecule has 0 bridgehead atoms. The van der Waals surface area contributed by atoms with Crippen LogP contribution in [0.25, 0.3) is 0 Å². The number of halogens is 1. The molecule has 2 rings (SSSR count). The highest BCUT2D eigenvalue weighted by molar-refractivity contribution is 6.30. The number of ether oxygens (including phenoxy) is 1. The van der Waals surface area contributed by atoms with Gasteiger partial charge in [0.15, 0.2) is 0 Å². The number of rotatable bonds is 5. The van der Waals surface area contributed by atoms with Gasteiger partial charge in [-0.25, -0.2) is 0 Å². The summed E-state index contributed by atoms with van der Waals surface area (Å²) in [4.78, 5) is 0. The van der Waals surface area contributed by atoms with Crippen LogP contribution >= 0.6 is 11.6 Å². The molecule has 1 aromatic carbocycles. The summed E-state index contributed by atoms with van der Waals surface area (Å²) in [6.07, 6.45) is 2.79. The van der Waals surface area contributed by atoms with E-state index in [1.165, 1.54) is 12.8 Å². The highest BCUT2D eigenvalue weighted by Gasteiger charge is 2.27. The molecule has 0 saturated heterocycles. The van der Waals surface area contributed by atoms with Crippen molar-refractivity contribution in [1.29, 1.82) is 0 Å². The minimum absolute atomic E-state index is 0.181. The summed E-state index contributed by atoms with van der Waals surface area (Å²) >= 11 is 5.86. The van der Waals surface area contributed by atoms with E-state index in [0.29, 0.717) is 10.9 Å². The van der Waals surface area contributed by atoms with Crippen LogP contribution in [0.1, 0.15) is 26.2 Å². The molecule has 2 nitrogen and oxygen atoms in total. The van der Waals surface area contributed by atoms with E-state index in [9.17, 15) is 5.11 Å². The Kier molecular flexibility index (Phi) is 3.72. The molecule has 1 fully saturated rings. The van der Waals surface area contributed by atoms with E-state index in [2.05, 4.69) is 0 Å². The molecule has 1 N–H and O–H groups in total. The van der Waals surface area contributed by atoms with E-state index < -0.39 is 0 Å². The van der Waals surface area contributed by atoms with Gasteiger partial charge in [-0.2, -0.15) is 0 Å². The van der Waals surface area contributed by atoms with Gasteiger partial charge in [0.05, 0.1) is 6.10 Å². The lowest BCUT2D eigenvalue weighted by atomic mass is 10.1. The Morgan fingerprint density at radius 2 is 2.25 bits per heavy atom. The first-order valence-corrected chi connectivity index (χ1v) is 6.13. The van der Waals surface area contributed by atoms with Crippen LogP contribution in [0.3, 0.4) is 0 Å². The highest BCUT2D eigenvalue weighted by Crippen LogP contribution is 2.34. The SMILES string of the molecule is CC(Oc1cccc(Cl)c1)C(O)CC1CC1. The summed E-state index contributed by atoms with van der Waals surface area (Å²) in [7, 11) is 0. The largest absolute Gasteiger partial charge is 0.488 e. The molecule has 0 radical (unpaired) electrons. The predicted molar refractivity (Wildman–Crippen MR) is 64.9 cm³/mol. The molecule has 0 spiro atoms. The van der Waals surface area contributed by atoms with Crippen LogP contribution in [0.4, 0.5) is 0 Å². The standard InChI is InChI=1S/C13H17ClO2/c1-9(13(15)7-10-5-6-10)16-12-4-2-3-11(14)8-12/h2-4,8-10,13,15H,5-7H2,1H3. The summed E-state index contributed by atoms with van der Waals surface area (Å²) in [6, 6.07) is 7.27. The lowest BCUT2D eigenvalue weighted by Crippen LogP contribution is -2.29. The number of benzene rings is 1. The van der Waals surface area contributed by atoms with E-state index in [4.69, 9.17) is 16.3 Å². The van der Waals surface area contributed by atoms with Crippen molar-refractivity contribution in [2.75, 3.05) is 0 Å². The zero-order valence-corrected chi connectivity index (χ0v) is 10.2. The second-order valence-electron chi connectivity index (χ2n) is 4.53. The van der Waals surface area contributed by atoms with Crippen LogP contribution < -0.4 is 4.74 Å². The number of aliphatic hydroxyl groups is 1. The number of hydrogen-bond acceptors (Lipinski definition) is 2. The average Bonchev–Trinajstić information content (AvgIpc) is 3.01. The quantitative estimate of drug-likeness (QED) is 0.856. The van der Waals surface area contributed by atoms with Gasteiger partial charge in [0.2, 0.25) is 0 Å². The monoisotopic (exact) mass is 240 g/mol.